The maximum Gasteiger partial charge on any atom is 0.408 e. The summed E-state index contributed by atoms with van der Waals surface area (Å²) >= 11 is 5.98. The highest BCUT2D eigenvalue weighted by Gasteiger charge is 2.25. The van der Waals surface area contributed by atoms with Gasteiger partial charge in [-0.25, -0.2) is 4.79 Å². The molecule has 3 amide bonds. The van der Waals surface area contributed by atoms with Gasteiger partial charge in [-0.15, -0.1) is 0 Å². The lowest BCUT2D eigenvalue weighted by Gasteiger charge is -2.32. The third-order valence-electron chi connectivity index (χ3n) is 4.37. The van der Waals surface area contributed by atoms with Crippen LogP contribution < -0.4 is 15.4 Å². The lowest BCUT2D eigenvalue weighted by molar-refractivity contribution is -0.131. The molecular formula is C20H28ClN3O5. The van der Waals surface area contributed by atoms with Gasteiger partial charge in [0, 0.05) is 24.2 Å². The van der Waals surface area contributed by atoms with Crippen LogP contribution in [0.25, 0.3) is 0 Å². The zero-order chi connectivity index (χ0) is 21.6. The Kier molecular flexibility index (Phi) is 7.73. The van der Waals surface area contributed by atoms with Crippen molar-refractivity contribution in [3.05, 3.63) is 28.8 Å². The molecule has 2 N–H and O–H groups in total. The molecule has 160 valence electrons. The Balaban J connectivity index is 1.80. The van der Waals surface area contributed by atoms with Crippen LogP contribution in [0.15, 0.2) is 18.2 Å². The maximum atomic E-state index is 12.6. The highest BCUT2D eigenvalue weighted by molar-refractivity contribution is 6.31. The molecular weight excluding hydrogens is 398 g/mol. The number of methoxy groups -OCH3 is 1. The molecule has 0 bridgehead atoms. The fraction of sp³-hybridized carbons (Fsp3) is 0.550. The van der Waals surface area contributed by atoms with Gasteiger partial charge < -0.3 is 25.0 Å². The van der Waals surface area contributed by atoms with Crippen molar-refractivity contribution in [3.8, 4) is 5.75 Å². The predicted octanol–water partition coefficient (Wildman–Crippen LogP) is 2.59. The van der Waals surface area contributed by atoms with Crippen molar-refractivity contribution in [1.82, 2.24) is 15.5 Å². The largest absolute Gasteiger partial charge is 0.496 e. The third kappa shape index (κ3) is 7.12. The average molecular weight is 426 g/mol. The summed E-state index contributed by atoms with van der Waals surface area (Å²) in [5.74, 6) is 0.00518. The molecule has 0 saturated carbocycles. The van der Waals surface area contributed by atoms with Gasteiger partial charge in [-0.2, -0.15) is 0 Å². The number of carbonyl (C=O) groups is 3. The number of halogens is 1. The fourth-order valence-corrected chi connectivity index (χ4v) is 3.14. The molecule has 0 spiro atoms. The molecule has 1 aliphatic heterocycles. The molecule has 1 aromatic carbocycles. The first-order valence-electron chi connectivity index (χ1n) is 9.48. The summed E-state index contributed by atoms with van der Waals surface area (Å²) in [7, 11) is 1.50. The first-order chi connectivity index (χ1) is 13.6. The number of rotatable bonds is 5. The van der Waals surface area contributed by atoms with E-state index in [-0.39, 0.29) is 24.4 Å². The second-order valence-corrected chi connectivity index (χ2v) is 8.27. The van der Waals surface area contributed by atoms with E-state index in [9.17, 15) is 14.4 Å². The molecule has 0 atom stereocenters. The van der Waals surface area contributed by atoms with Gasteiger partial charge in [0.25, 0.3) is 5.91 Å². The van der Waals surface area contributed by atoms with Crippen LogP contribution in [0.2, 0.25) is 5.02 Å². The molecule has 1 saturated heterocycles. The van der Waals surface area contributed by atoms with Crippen LogP contribution in [0.3, 0.4) is 0 Å². The number of amides is 3. The van der Waals surface area contributed by atoms with Crippen molar-refractivity contribution < 1.29 is 23.9 Å². The monoisotopic (exact) mass is 425 g/mol. The Hall–Kier alpha value is -2.48. The van der Waals surface area contributed by atoms with Crippen molar-refractivity contribution in [2.75, 3.05) is 26.7 Å². The summed E-state index contributed by atoms with van der Waals surface area (Å²) in [6.07, 6.45) is 0.614. The van der Waals surface area contributed by atoms with Crippen LogP contribution in [-0.4, -0.2) is 61.2 Å². The molecule has 2 rings (SSSR count). The van der Waals surface area contributed by atoms with Gasteiger partial charge in [-0.05, 0) is 51.8 Å². The predicted molar refractivity (Wildman–Crippen MR) is 109 cm³/mol. The Bertz CT molecular complexity index is 755. The van der Waals surface area contributed by atoms with E-state index in [1.165, 1.54) is 7.11 Å². The van der Waals surface area contributed by atoms with Crippen LogP contribution in [-0.2, 0) is 9.53 Å². The Morgan fingerprint density at radius 3 is 2.45 bits per heavy atom. The summed E-state index contributed by atoms with van der Waals surface area (Å²) in [5.41, 5.74) is -0.241. The minimum Gasteiger partial charge on any atom is -0.496 e. The van der Waals surface area contributed by atoms with E-state index in [1.54, 1.807) is 43.9 Å². The van der Waals surface area contributed by atoms with Gasteiger partial charge in [0.05, 0.1) is 12.7 Å². The average Bonchev–Trinajstić information content (AvgIpc) is 2.65. The quantitative estimate of drug-likeness (QED) is 0.755. The lowest BCUT2D eigenvalue weighted by atomic mass is 10.0. The van der Waals surface area contributed by atoms with Gasteiger partial charge in [0.15, 0.2) is 0 Å². The molecule has 9 heteroatoms. The SMILES string of the molecule is COc1ccc(Cl)cc1C(=O)NC1CCN(C(=O)CNC(=O)OC(C)(C)C)CC1. The fourth-order valence-electron chi connectivity index (χ4n) is 2.97. The number of alkyl carbamates (subject to hydrolysis) is 1. The first kappa shape index (κ1) is 22.8. The molecule has 0 radical (unpaired) electrons. The molecule has 1 aromatic rings. The van der Waals surface area contributed by atoms with Gasteiger partial charge in [0.2, 0.25) is 5.91 Å². The molecule has 1 aliphatic rings. The van der Waals surface area contributed by atoms with Crippen LogP contribution in [0.5, 0.6) is 5.75 Å². The number of benzene rings is 1. The first-order valence-corrected chi connectivity index (χ1v) is 9.86. The van der Waals surface area contributed by atoms with Crippen LogP contribution in [0.4, 0.5) is 4.79 Å². The van der Waals surface area contributed by atoms with Crippen molar-refractivity contribution >= 4 is 29.5 Å². The molecule has 8 nitrogen and oxygen atoms in total. The van der Waals surface area contributed by atoms with E-state index in [1.807, 2.05) is 0 Å². The van der Waals surface area contributed by atoms with Crippen molar-refractivity contribution in [3.63, 3.8) is 0 Å². The second kappa shape index (κ2) is 9.82. The Morgan fingerprint density at radius 2 is 1.86 bits per heavy atom. The number of piperidine rings is 1. The Labute approximate surface area is 175 Å². The number of ether oxygens (including phenoxy) is 2. The molecule has 1 heterocycles. The molecule has 29 heavy (non-hydrogen) atoms. The zero-order valence-corrected chi connectivity index (χ0v) is 18.0. The Morgan fingerprint density at radius 1 is 1.21 bits per heavy atom. The molecule has 0 aromatic heterocycles. The highest BCUT2D eigenvalue weighted by Crippen LogP contribution is 2.23. The minimum atomic E-state index is -0.622. The number of carbonyl (C=O) groups excluding carboxylic acids is 3. The van der Waals surface area contributed by atoms with E-state index in [4.69, 9.17) is 21.1 Å². The van der Waals surface area contributed by atoms with E-state index in [0.29, 0.717) is 42.3 Å². The summed E-state index contributed by atoms with van der Waals surface area (Å²) < 4.78 is 10.3. The van der Waals surface area contributed by atoms with E-state index in [2.05, 4.69) is 10.6 Å². The van der Waals surface area contributed by atoms with Crippen molar-refractivity contribution in [1.29, 1.82) is 0 Å². The molecule has 0 unspecified atom stereocenters. The summed E-state index contributed by atoms with van der Waals surface area (Å²) in [6, 6.07) is 4.81. The van der Waals surface area contributed by atoms with Gasteiger partial charge in [-0.1, -0.05) is 11.6 Å². The topological polar surface area (TPSA) is 97.0 Å². The third-order valence-corrected chi connectivity index (χ3v) is 4.61. The maximum absolute atomic E-state index is 12.6. The summed E-state index contributed by atoms with van der Waals surface area (Å²) in [5, 5.41) is 5.89. The van der Waals surface area contributed by atoms with Crippen LogP contribution >= 0.6 is 11.6 Å². The number of hydrogen-bond acceptors (Lipinski definition) is 5. The summed E-state index contributed by atoms with van der Waals surface area (Å²) in [4.78, 5) is 38.2. The van der Waals surface area contributed by atoms with Gasteiger partial charge >= 0.3 is 6.09 Å². The van der Waals surface area contributed by atoms with Crippen LogP contribution in [0, 0.1) is 0 Å². The van der Waals surface area contributed by atoms with Gasteiger partial charge in [0.1, 0.15) is 17.9 Å². The van der Waals surface area contributed by atoms with Crippen molar-refractivity contribution in [2.45, 2.75) is 45.3 Å². The minimum absolute atomic E-state index is 0.0611. The van der Waals surface area contributed by atoms with E-state index in [0.717, 1.165) is 0 Å². The zero-order valence-electron chi connectivity index (χ0n) is 17.2. The van der Waals surface area contributed by atoms with Gasteiger partial charge in [-0.3, -0.25) is 9.59 Å². The highest BCUT2D eigenvalue weighted by atomic mass is 35.5. The molecule has 0 aliphatic carbocycles. The number of likely N-dealkylation sites (tertiary alicyclic amines) is 1. The normalized spacial score (nSPS) is 14.9. The molecule has 1 fully saturated rings. The standard InChI is InChI=1S/C20H28ClN3O5/c1-20(2,3)29-19(27)22-12-17(25)24-9-7-14(8-10-24)23-18(26)15-11-13(21)5-6-16(15)28-4/h5-6,11,14H,7-10,12H2,1-4H3,(H,22,27)(H,23,26). The van der Waals surface area contributed by atoms with Crippen LogP contribution in [0.1, 0.15) is 44.0 Å². The lowest BCUT2D eigenvalue weighted by Crippen LogP contribution is -2.49. The number of nitrogens with one attached hydrogen (secondary N) is 2. The number of hydrogen-bond donors (Lipinski definition) is 2. The number of nitrogens with zero attached hydrogens (tertiary/aromatic N) is 1. The summed E-state index contributed by atoms with van der Waals surface area (Å²) in [6.45, 7) is 6.13. The smallest absolute Gasteiger partial charge is 0.408 e. The second-order valence-electron chi connectivity index (χ2n) is 7.83. The van der Waals surface area contributed by atoms with E-state index >= 15 is 0 Å². The van der Waals surface area contributed by atoms with Crippen molar-refractivity contribution in [2.24, 2.45) is 0 Å². The van der Waals surface area contributed by atoms with E-state index < -0.39 is 11.7 Å².